The maximum Gasteiger partial charge on any atom is 0.346 e. The first-order valence-electron chi connectivity index (χ1n) is 6.11. The molecule has 2 N–H and O–H groups in total. The number of aromatic nitrogens is 1. The van der Waals surface area contributed by atoms with Gasteiger partial charge in [-0.05, 0) is 35.3 Å². The predicted octanol–water partition coefficient (Wildman–Crippen LogP) is 2.84. The van der Waals surface area contributed by atoms with Gasteiger partial charge >= 0.3 is 5.97 Å². The number of nitrogen functional groups attached to an aromatic ring is 1. The number of furan rings is 1. The Morgan fingerprint density at radius 1 is 1.43 bits per heavy atom. The molecule has 0 saturated carbocycles. The standard InChI is InChI=1S/C14H12N2O4S/c1-18-14(17)11-12(15)21-16-13(11)20-7-8-2-3-10-9(6-8)4-5-19-10/h2-6H,7,15H2,1H3. The molecule has 0 atom stereocenters. The van der Waals surface area contributed by atoms with E-state index in [0.717, 1.165) is 28.1 Å². The van der Waals surface area contributed by atoms with Crippen LogP contribution >= 0.6 is 11.5 Å². The van der Waals surface area contributed by atoms with Crippen LogP contribution in [-0.4, -0.2) is 17.5 Å². The van der Waals surface area contributed by atoms with Crippen LogP contribution in [0.1, 0.15) is 15.9 Å². The van der Waals surface area contributed by atoms with Crippen LogP contribution in [0.4, 0.5) is 5.00 Å². The molecule has 108 valence electrons. The largest absolute Gasteiger partial charge is 0.472 e. The lowest BCUT2D eigenvalue weighted by molar-refractivity contribution is 0.0597. The molecule has 7 heteroatoms. The van der Waals surface area contributed by atoms with E-state index in [2.05, 4.69) is 9.11 Å². The first-order chi connectivity index (χ1) is 10.2. The minimum Gasteiger partial charge on any atom is -0.472 e. The first kappa shape index (κ1) is 13.4. The number of methoxy groups -OCH3 is 1. The van der Waals surface area contributed by atoms with Crippen LogP contribution in [0, 0.1) is 0 Å². The maximum atomic E-state index is 11.6. The SMILES string of the molecule is COC(=O)c1c(OCc2ccc3occc3c2)nsc1N. The monoisotopic (exact) mass is 304 g/mol. The van der Waals surface area contributed by atoms with Crippen LogP contribution < -0.4 is 10.5 Å². The van der Waals surface area contributed by atoms with Crippen molar-refractivity contribution in [2.75, 3.05) is 12.8 Å². The fraction of sp³-hybridized carbons (Fsp3) is 0.143. The Bertz CT molecular complexity index is 793. The molecular formula is C14H12N2O4S. The zero-order chi connectivity index (χ0) is 14.8. The molecule has 0 saturated heterocycles. The van der Waals surface area contributed by atoms with Crippen molar-refractivity contribution < 1.29 is 18.7 Å². The summed E-state index contributed by atoms with van der Waals surface area (Å²) in [6.07, 6.45) is 1.63. The van der Waals surface area contributed by atoms with E-state index < -0.39 is 5.97 Å². The summed E-state index contributed by atoms with van der Waals surface area (Å²) in [6, 6.07) is 7.58. The van der Waals surface area contributed by atoms with E-state index in [1.165, 1.54) is 7.11 Å². The lowest BCUT2D eigenvalue weighted by Gasteiger charge is -2.05. The second kappa shape index (κ2) is 5.45. The molecule has 0 aliphatic heterocycles. The molecule has 0 spiro atoms. The van der Waals surface area contributed by atoms with Crippen molar-refractivity contribution in [2.24, 2.45) is 0 Å². The van der Waals surface area contributed by atoms with E-state index in [4.69, 9.17) is 14.9 Å². The van der Waals surface area contributed by atoms with Gasteiger partial charge in [-0.15, -0.1) is 0 Å². The third-order valence-corrected chi connectivity index (χ3v) is 3.63. The highest BCUT2D eigenvalue weighted by molar-refractivity contribution is 7.10. The van der Waals surface area contributed by atoms with Crippen LogP contribution in [0.5, 0.6) is 5.88 Å². The number of nitrogens with two attached hydrogens (primary N) is 1. The average molecular weight is 304 g/mol. The molecule has 2 heterocycles. The van der Waals surface area contributed by atoms with Crippen LogP contribution in [0.2, 0.25) is 0 Å². The summed E-state index contributed by atoms with van der Waals surface area (Å²) in [5, 5.41) is 1.27. The molecular weight excluding hydrogens is 292 g/mol. The van der Waals surface area contributed by atoms with Gasteiger partial charge < -0.3 is 19.6 Å². The van der Waals surface area contributed by atoms with Crippen molar-refractivity contribution in [1.29, 1.82) is 0 Å². The van der Waals surface area contributed by atoms with Gasteiger partial charge in [0.2, 0.25) is 5.88 Å². The predicted molar refractivity (Wildman–Crippen MR) is 78.4 cm³/mol. The van der Waals surface area contributed by atoms with Crippen LogP contribution in [0.3, 0.4) is 0 Å². The molecule has 3 rings (SSSR count). The summed E-state index contributed by atoms with van der Waals surface area (Å²) in [4.78, 5) is 11.6. The Kier molecular flexibility index (Phi) is 3.49. The van der Waals surface area contributed by atoms with Gasteiger partial charge in [0.05, 0.1) is 13.4 Å². The van der Waals surface area contributed by atoms with Crippen LogP contribution in [-0.2, 0) is 11.3 Å². The number of anilines is 1. The number of hydrogen-bond donors (Lipinski definition) is 1. The summed E-state index contributed by atoms with van der Waals surface area (Å²) in [6.45, 7) is 0.272. The van der Waals surface area contributed by atoms with Gasteiger partial charge in [-0.3, -0.25) is 0 Å². The zero-order valence-corrected chi connectivity index (χ0v) is 12.0. The highest BCUT2D eigenvalue weighted by Gasteiger charge is 2.21. The fourth-order valence-electron chi connectivity index (χ4n) is 1.93. The Morgan fingerprint density at radius 2 is 2.29 bits per heavy atom. The summed E-state index contributed by atoms with van der Waals surface area (Å²) in [5.74, 6) is -0.363. The highest BCUT2D eigenvalue weighted by Crippen LogP contribution is 2.29. The Labute approximate surface area is 124 Å². The normalized spacial score (nSPS) is 10.7. The van der Waals surface area contributed by atoms with Crippen molar-refractivity contribution in [3.63, 3.8) is 0 Å². The second-order valence-corrected chi connectivity index (χ2v) is 5.10. The van der Waals surface area contributed by atoms with Crippen molar-refractivity contribution >= 4 is 33.5 Å². The third kappa shape index (κ3) is 2.55. The molecule has 6 nitrogen and oxygen atoms in total. The van der Waals surface area contributed by atoms with Crippen LogP contribution in [0.15, 0.2) is 34.9 Å². The van der Waals surface area contributed by atoms with Crippen molar-refractivity contribution in [1.82, 2.24) is 4.37 Å². The number of esters is 1. The van der Waals surface area contributed by atoms with Gasteiger partial charge in [-0.25, -0.2) is 4.79 Å². The minimum atomic E-state index is -0.554. The second-order valence-electron chi connectivity index (χ2n) is 4.30. The van der Waals surface area contributed by atoms with E-state index in [9.17, 15) is 4.79 Å². The van der Waals surface area contributed by atoms with E-state index >= 15 is 0 Å². The topological polar surface area (TPSA) is 87.6 Å². The highest BCUT2D eigenvalue weighted by atomic mass is 32.1. The summed E-state index contributed by atoms with van der Waals surface area (Å²) in [7, 11) is 1.29. The molecule has 21 heavy (non-hydrogen) atoms. The molecule has 0 aliphatic rings. The Morgan fingerprint density at radius 3 is 3.10 bits per heavy atom. The third-order valence-electron chi connectivity index (χ3n) is 2.97. The molecule has 0 bridgehead atoms. The minimum absolute atomic E-state index is 0.173. The fourth-order valence-corrected chi connectivity index (χ4v) is 2.52. The smallest absolute Gasteiger partial charge is 0.346 e. The van der Waals surface area contributed by atoms with Gasteiger partial charge in [-0.2, -0.15) is 4.37 Å². The van der Waals surface area contributed by atoms with Gasteiger partial charge in [0.25, 0.3) is 0 Å². The van der Waals surface area contributed by atoms with E-state index in [-0.39, 0.29) is 23.1 Å². The van der Waals surface area contributed by atoms with Crippen molar-refractivity contribution in [2.45, 2.75) is 6.61 Å². The Balaban J connectivity index is 1.79. The maximum absolute atomic E-state index is 11.6. The molecule has 0 aliphatic carbocycles. The summed E-state index contributed by atoms with van der Waals surface area (Å²) in [5.41, 5.74) is 7.63. The van der Waals surface area contributed by atoms with Gasteiger partial charge in [0.1, 0.15) is 17.2 Å². The number of fused-ring (bicyclic) bond motifs is 1. The molecule has 3 aromatic rings. The summed E-state index contributed by atoms with van der Waals surface area (Å²) < 4.78 is 19.6. The number of carbonyl (C=O) groups excluding carboxylic acids is 1. The van der Waals surface area contributed by atoms with Gasteiger partial charge in [0.15, 0.2) is 5.56 Å². The Hall–Kier alpha value is -2.54. The van der Waals surface area contributed by atoms with E-state index in [1.54, 1.807) is 6.26 Å². The quantitative estimate of drug-likeness (QED) is 0.746. The number of rotatable bonds is 4. The number of ether oxygens (including phenoxy) is 2. The zero-order valence-electron chi connectivity index (χ0n) is 11.2. The van der Waals surface area contributed by atoms with E-state index in [1.807, 2.05) is 24.3 Å². The van der Waals surface area contributed by atoms with Gasteiger partial charge in [0, 0.05) is 5.39 Å². The van der Waals surface area contributed by atoms with E-state index in [0.29, 0.717) is 0 Å². The van der Waals surface area contributed by atoms with Crippen molar-refractivity contribution in [3.8, 4) is 5.88 Å². The molecule has 0 amide bonds. The number of nitrogens with zero attached hydrogens (tertiary/aromatic N) is 1. The van der Waals surface area contributed by atoms with Gasteiger partial charge in [-0.1, -0.05) is 6.07 Å². The molecule has 0 unspecified atom stereocenters. The number of carbonyl (C=O) groups is 1. The average Bonchev–Trinajstić information content (AvgIpc) is 3.10. The lowest BCUT2D eigenvalue weighted by atomic mass is 10.2. The summed E-state index contributed by atoms with van der Waals surface area (Å²) >= 11 is 1.00. The molecule has 2 aromatic heterocycles. The molecule has 0 fully saturated rings. The lowest BCUT2D eigenvalue weighted by Crippen LogP contribution is -2.06. The molecule has 0 radical (unpaired) electrons. The van der Waals surface area contributed by atoms with Crippen molar-refractivity contribution in [3.05, 3.63) is 41.7 Å². The number of hydrogen-bond acceptors (Lipinski definition) is 7. The molecule has 1 aromatic carbocycles. The van der Waals surface area contributed by atoms with Crippen LogP contribution in [0.25, 0.3) is 11.0 Å². The first-order valence-corrected chi connectivity index (χ1v) is 6.89. The number of benzene rings is 1.